The lowest BCUT2D eigenvalue weighted by Gasteiger charge is -2.19. The van der Waals surface area contributed by atoms with Gasteiger partial charge in [-0.3, -0.25) is 0 Å². The van der Waals surface area contributed by atoms with Gasteiger partial charge in [-0.25, -0.2) is 0 Å². The maximum Gasteiger partial charge on any atom is 0.238 e. The Hall–Kier alpha value is -2.89. The maximum atomic E-state index is 13.5. The van der Waals surface area contributed by atoms with Crippen molar-refractivity contribution in [3.8, 4) is 5.75 Å². The number of thiocarbonyl (C=S) groups is 1. The lowest BCUT2D eigenvalue weighted by Crippen LogP contribution is -2.40. The van der Waals surface area contributed by atoms with E-state index in [1.54, 1.807) is 28.8 Å². The van der Waals surface area contributed by atoms with Crippen LogP contribution in [0.25, 0.3) is 11.5 Å². The highest BCUT2D eigenvalue weighted by Crippen LogP contribution is 2.23. The smallest absolute Gasteiger partial charge is 0.238 e. The van der Waals surface area contributed by atoms with Crippen molar-refractivity contribution in [1.82, 2.24) is 0 Å². The van der Waals surface area contributed by atoms with Crippen molar-refractivity contribution in [2.45, 2.75) is 33.1 Å². The maximum absolute atomic E-state index is 13.5. The van der Waals surface area contributed by atoms with Crippen molar-refractivity contribution in [2.24, 2.45) is 0 Å². The molecule has 1 aromatic heterocycles. The van der Waals surface area contributed by atoms with Crippen LogP contribution in [-0.4, -0.2) is 11.6 Å². The lowest BCUT2D eigenvalue weighted by atomic mass is 9.88. The highest BCUT2D eigenvalue weighted by molar-refractivity contribution is 7.81. The molecule has 0 aliphatic heterocycles. The Kier molecular flexibility index (Phi) is 7.54. The van der Waals surface area contributed by atoms with E-state index in [-0.39, 0.29) is 11.2 Å². The fraction of sp³-hybridized carbons (Fsp3) is 0.231. The van der Waals surface area contributed by atoms with Gasteiger partial charge in [-0.15, -0.1) is 0 Å². The molecule has 3 rings (SSSR count). The summed E-state index contributed by atoms with van der Waals surface area (Å²) < 4.78 is 7.24. The van der Waals surface area contributed by atoms with Gasteiger partial charge in [-0.05, 0) is 65.6 Å². The summed E-state index contributed by atoms with van der Waals surface area (Å²) in [5.74, 6) is 0.555. The summed E-state index contributed by atoms with van der Waals surface area (Å²) in [5, 5.41) is 17.2. The minimum atomic E-state index is -0.218. The fourth-order valence-corrected chi connectivity index (χ4v) is 3.68. The molecule has 0 aliphatic carbocycles. The minimum Gasteiger partial charge on any atom is -0.867 e. The zero-order valence-corrected chi connectivity index (χ0v) is 20.3. The molecule has 4 nitrogen and oxygen atoms in total. The molecule has 0 radical (unpaired) electrons. The number of nitrogens with one attached hydrogen (secondary N) is 1. The van der Waals surface area contributed by atoms with Gasteiger partial charge >= 0.3 is 0 Å². The van der Waals surface area contributed by atoms with Crippen LogP contribution in [0.4, 0.5) is 5.69 Å². The van der Waals surface area contributed by atoms with Gasteiger partial charge in [0.05, 0.1) is 6.61 Å². The van der Waals surface area contributed by atoms with Crippen molar-refractivity contribution < 1.29 is 14.4 Å². The molecule has 0 atom stereocenters. The van der Waals surface area contributed by atoms with Gasteiger partial charge in [0.2, 0.25) is 5.70 Å². The largest absolute Gasteiger partial charge is 0.867 e. The molecule has 32 heavy (non-hydrogen) atoms. The molecule has 6 heteroatoms. The first-order valence-electron chi connectivity index (χ1n) is 10.4. The molecule has 1 heterocycles. The van der Waals surface area contributed by atoms with Crippen LogP contribution in [0.5, 0.6) is 5.75 Å². The second-order valence-electron chi connectivity index (χ2n) is 8.34. The van der Waals surface area contributed by atoms with Crippen molar-refractivity contribution in [2.75, 3.05) is 11.9 Å². The fourth-order valence-electron chi connectivity index (χ4n) is 3.17. The van der Waals surface area contributed by atoms with Crippen LogP contribution >= 0.6 is 23.8 Å². The number of aromatic nitrogens is 1. The van der Waals surface area contributed by atoms with E-state index in [1.807, 2.05) is 55.7 Å². The average molecular weight is 467 g/mol. The summed E-state index contributed by atoms with van der Waals surface area (Å²) in [7, 11) is 0. The molecule has 0 saturated heterocycles. The predicted molar refractivity (Wildman–Crippen MR) is 134 cm³/mol. The van der Waals surface area contributed by atoms with Gasteiger partial charge < -0.3 is 15.2 Å². The summed E-state index contributed by atoms with van der Waals surface area (Å²) in [5.41, 5.74) is 2.74. The van der Waals surface area contributed by atoms with E-state index in [2.05, 4.69) is 26.1 Å². The van der Waals surface area contributed by atoms with Crippen LogP contribution in [-0.2, 0) is 5.41 Å². The number of anilines is 1. The first kappa shape index (κ1) is 23.8. The van der Waals surface area contributed by atoms with Crippen LogP contribution in [0.2, 0.25) is 5.02 Å². The molecule has 3 aromatic rings. The molecular weight excluding hydrogens is 440 g/mol. The van der Waals surface area contributed by atoms with E-state index in [0.717, 1.165) is 17.0 Å². The van der Waals surface area contributed by atoms with Crippen molar-refractivity contribution >= 4 is 46.0 Å². The highest BCUT2D eigenvalue weighted by Gasteiger charge is 2.21. The summed E-state index contributed by atoms with van der Waals surface area (Å²) in [6.07, 6.45) is 3.73. The summed E-state index contributed by atoms with van der Waals surface area (Å²) in [6, 6.07) is 18.3. The van der Waals surface area contributed by atoms with E-state index >= 15 is 0 Å². The molecule has 0 fully saturated rings. The summed E-state index contributed by atoms with van der Waals surface area (Å²) >= 11 is 11.8. The Labute approximate surface area is 200 Å². The predicted octanol–water partition coefficient (Wildman–Crippen LogP) is 5.45. The molecule has 0 spiro atoms. The van der Waals surface area contributed by atoms with Crippen molar-refractivity contribution in [3.05, 3.63) is 89.2 Å². The van der Waals surface area contributed by atoms with Gasteiger partial charge in [0.25, 0.3) is 0 Å². The Bertz CT molecular complexity index is 1120. The Morgan fingerprint density at radius 2 is 1.72 bits per heavy atom. The average Bonchev–Trinajstić information content (AvgIpc) is 2.75. The normalized spacial score (nSPS) is 12.2. The second kappa shape index (κ2) is 10.2. The Morgan fingerprint density at radius 3 is 2.28 bits per heavy atom. The SMILES string of the molecule is CCOc1ccc(NC(=S)C(=C([O-])c2cccc(Cl)c2)[n+]2ccc(C(C)(C)C)cc2)cc1. The van der Waals surface area contributed by atoms with E-state index in [0.29, 0.717) is 27.9 Å². The first-order chi connectivity index (χ1) is 15.2. The van der Waals surface area contributed by atoms with Gasteiger partial charge in [-0.2, -0.15) is 4.57 Å². The summed E-state index contributed by atoms with van der Waals surface area (Å²) in [4.78, 5) is 0.313. The number of rotatable bonds is 6. The molecule has 166 valence electrons. The van der Waals surface area contributed by atoms with Gasteiger partial charge in [-0.1, -0.05) is 56.7 Å². The monoisotopic (exact) mass is 466 g/mol. The van der Waals surface area contributed by atoms with Gasteiger partial charge in [0.1, 0.15) is 5.75 Å². The molecule has 2 aromatic carbocycles. The molecule has 0 saturated carbocycles. The van der Waals surface area contributed by atoms with Crippen LogP contribution in [0, 0.1) is 0 Å². The van der Waals surface area contributed by atoms with E-state index in [1.165, 1.54) is 0 Å². The quantitative estimate of drug-likeness (QED) is 0.227. The van der Waals surface area contributed by atoms with Gasteiger partial charge in [0.15, 0.2) is 17.4 Å². The molecule has 0 aliphatic rings. The Balaban J connectivity index is 2.02. The Morgan fingerprint density at radius 1 is 1.06 bits per heavy atom. The number of halogens is 1. The van der Waals surface area contributed by atoms with E-state index in [9.17, 15) is 5.11 Å². The third-order valence-corrected chi connectivity index (χ3v) is 5.42. The zero-order chi connectivity index (χ0) is 23.3. The topological polar surface area (TPSA) is 48.2 Å². The number of hydrogen-bond donors (Lipinski definition) is 1. The lowest BCUT2D eigenvalue weighted by molar-refractivity contribution is -0.577. The number of hydrogen-bond acceptors (Lipinski definition) is 3. The highest BCUT2D eigenvalue weighted by atomic mass is 35.5. The van der Waals surface area contributed by atoms with Crippen LogP contribution in [0.1, 0.15) is 38.8 Å². The standard InChI is InChI=1S/C26H27ClN2O2S/c1-5-31-22-11-9-21(10-12-22)28-25(32)23(24(30)18-7-6-8-20(27)17-18)29-15-13-19(14-16-29)26(2,3)4/h6-17H,5H2,1-4H3,(H-,28,30,32). The molecule has 0 amide bonds. The molecule has 1 N–H and O–H groups in total. The van der Waals surface area contributed by atoms with E-state index in [4.69, 9.17) is 28.6 Å². The van der Waals surface area contributed by atoms with Gasteiger partial charge in [0, 0.05) is 22.8 Å². The second-order valence-corrected chi connectivity index (χ2v) is 9.19. The van der Waals surface area contributed by atoms with Crippen molar-refractivity contribution in [3.63, 3.8) is 0 Å². The third-order valence-electron chi connectivity index (χ3n) is 4.89. The van der Waals surface area contributed by atoms with Crippen molar-refractivity contribution in [1.29, 1.82) is 0 Å². The van der Waals surface area contributed by atoms with Crippen LogP contribution in [0.3, 0.4) is 0 Å². The number of pyridine rings is 1. The third kappa shape index (κ3) is 5.87. The molecule has 0 unspecified atom stereocenters. The number of ether oxygens (including phenoxy) is 1. The molecule has 0 bridgehead atoms. The number of nitrogens with zero attached hydrogens (tertiary/aromatic N) is 1. The summed E-state index contributed by atoms with van der Waals surface area (Å²) in [6.45, 7) is 8.97. The zero-order valence-electron chi connectivity index (χ0n) is 18.7. The van der Waals surface area contributed by atoms with E-state index < -0.39 is 0 Å². The minimum absolute atomic E-state index is 0.00270. The molecular formula is C26H27ClN2O2S. The number of benzene rings is 2. The first-order valence-corrected chi connectivity index (χ1v) is 11.2. The van der Waals surface area contributed by atoms with Crippen LogP contribution < -0.4 is 19.7 Å². The van der Waals surface area contributed by atoms with Crippen LogP contribution in [0.15, 0.2) is 73.1 Å².